The van der Waals surface area contributed by atoms with Crippen molar-refractivity contribution in [3.63, 3.8) is 0 Å². The Labute approximate surface area is 168 Å². The zero-order valence-corrected chi connectivity index (χ0v) is 16.1. The molecular weight excluding hydrogens is 393 g/mol. The molecule has 3 unspecified atom stereocenters. The summed E-state index contributed by atoms with van der Waals surface area (Å²) in [6.45, 7) is 1.86. The van der Waals surface area contributed by atoms with Crippen molar-refractivity contribution in [2.45, 2.75) is 18.4 Å². The molecule has 1 amide bonds. The predicted molar refractivity (Wildman–Crippen MR) is 103 cm³/mol. The SMILES string of the molecule is Cl.O=C(C1CC1c1c(F)cccc1F)N1CCNCC1c1ccccc1Cl. The number of hydrogen-bond donors (Lipinski definition) is 1. The number of amides is 1. The van der Waals surface area contributed by atoms with Crippen LogP contribution in [0.1, 0.15) is 29.5 Å². The lowest BCUT2D eigenvalue weighted by Gasteiger charge is -2.37. The molecule has 3 atom stereocenters. The summed E-state index contributed by atoms with van der Waals surface area (Å²) in [7, 11) is 0. The van der Waals surface area contributed by atoms with Gasteiger partial charge in [0.25, 0.3) is 0 Å². The number of halogens is 4. The van der Waals surface area contributed by atoms with Crippen LogP contribution < -0.4 is 5.32 Å². The summed E-state index contributed by atoms with van der Waals surface area (Å²) in [5, 5.41) is 3.91. The molecule has 0 bridgehead atoms. The molecule has 144 valence electrons. The van der Waals surface area contributed by atoms with Crippen LogP contribution >= 0.6 is 24.0 Å². The number of nitrogens with one attached hydrogen (secondary N) is 1. The third-order valence-corrected chi connectivity index (χ3v) is 5.61. The highest BCUT2D eigenvalue weighted by molar-refractivity contribution is 6.31. The molecule has 1 aliphatic carbocycles. The van der Waals surface area contributed by atoms with Crippen molar-refractivity contribution in [2.75, 3.05) is 19.6 Å². The number of benzene rings is 2. The molecule has 1 saturated carbocycles. The highest BCUT2D eigenvalue weighted by Crippen LogP contribution is 2.51. The third-order valence-electron chi connectivity index (χ3n) is 5.27. The van der Waals surface area contributed by atoms with Crippen molar-refractivity contribution in [1.82, 2.24) is 10.2 Å². The van der Waals surface area contributed by atoms with E-state index >= 15 is 0 Å². The van der Waals surface area contributed by atoms with Gasteiger partial charge in [0.05, 0.1) is 6.04 Å². The van der Waals surface area contributed by atoms with E-state index in [2.05, 4.69) is 5.32 Å². The van der Waals surface area contributed by atoms with Gasteiger partial charge in [0, 0.05) is 42.1 Å². The minimum absolute atomic E-state index is 0. The normalized spacial score (nSPS) is 24.3. The van der Waals surface area contributed by atoms with Crippen LogP contribution in [-0.2, 0) is 4.79 Å². The molecule has 1 saturated heterocycles. The molecule has 0 aromatic heterocycles. The van der Waals surface area contributed by atoms with Crippen molar-refractivity contribution in [3.05, 3.63) is 70.2 Å². The van der Waals surface area contributed by atoms with E-state index in [1.54, 1.807) is 4.90 Å². The molecule has 1 N–H and O–H groups in total. The van der Waals surface area contributed by atoms with E-state index in [-0.39, 0.29) is 41.8 Å². The van der Waals surface area contributed by atoms with Crippen molar-refractivity contribution < 1.29 is 13.6 Å². The zero-order valence-electron chi connectivity index (χ0n) is 14.5. The standard InChI is InChI=1S/C20H19ClF2N2O.ClH/c21-15-5-2-1-4-12(15)18-11-24-8-9-25(18)20(26)14-10-13(14)19-16(22)6-3-7-17(19)23;/h1-7,13-14,18,24H,8-11H2;1H. The lowest BCUT2D eigenvalue weighted by atomic mass is 10.0. The Hall–Kier alpha value is -1.69. The maximum atomic E-state index is 14.0. The number of piperazine rings is 1. The van der Waals surface area contributed by atoms with Gasteiger partial charge in [-0.05, 0) is 30.2 Å². The summed E-state index contributed by atoms with van der Waals surface area (Å²) in [6.07, 6.45) is 0.482. The fraction of sp³-hybridized carbons (Fsp3) is 0.350. The summed E-state index contributed by atoms with van der Waals surface area (Å²) in [4.78, 5) is 14.9. The first-order chi connectivity index (χ1) is 12.6. The van der Waals surface area contributed by atoms with Crippen LogP contribution in [-0.4, -0.2) is 30.4 Å². The highest BCUT2D eigenvalue weighted by atomic mass is 35.5. The van der Waals surface area contributed by atoms with Gasteiger partial charge in [-0.15, -0.1) is 12.4 Å². The van der Waals surface area contributed by atoms with Gasteiger partial charge >= 0.3 is 0 Å². The first-order valence-corrected chi connectivity index (χ1v) is 9.15. The van der Waals surface area contributed by atoms with Gasteiger partial charge in [0.15, 0.2) is 0 Å². The summed E-state index contributed by atoms with van der Waals surface area (Å²) in [5.41, 5.74) is 0.930. The number of rotatable bonds is 3. The van der Waals surface area contributed by atoms with Gasteiger partial charge in [-0.1, -0.05) is 35.9 Å². The summed E-state index contributed by atoms with van der Waals surface area (Å²) >= 11 is 6.32. The summed E-state index contributed by atoms with van der Waals surface area (Å²) in [5.74, 6) is -1.96. The Morgan fingerprint density at radius 1 is 1.11 bits per heavy atom. The van der Waals surface area contributed by atoms with Crippen LogP contribution in [0.4, 0.5) is 8.78 Å². The van der Waals surface area contributed by atoms with Crippen molar-refractivity contribution in [3.8, 4) is 0 Å². The Balaban J connectivity index is 0.00000210. The lowest BCUT2D eigenvalue weighted by Crippen LogP contribution is -2.49. The molecule has 7 heteroatoms. The van der Waals surface area contributed by atoms with Crippen LogP contribution in [0.2, 0.25) is 5.02 Å². The molecule has 3 nitrogen and oxygen atoms in total. The van der Waals surface area contributed by atoms with E-state index in [1.165, 1.54) is 18.2 Å². The van der Waals surface area contributed by atoms with E-state index in [4.69, 9.17) is 11.6 Å². The molecule has 2 aliphatic rings. The highest BCUT2D eigenvalue weighted by Gasteiger charge is 2.49. The van der Waals surface area contributed by atoms with Gasteiger partial charge in [0.1, 0.15) is 11.6 Å². The molecule has 2 aromatic carbocycles. The van der Waals surface area contributed by atoms with Crippen LogP contribution in [0.15, 0.2) is 42.5 Å². The van der Waals surface area contributed by atoms with Gasteiger partial charge in [-0.2, -0.15) is 0 Å². The maximum absolute atomic E-state index is 14.0. The fourth-order valence-electron chi connectivity index (χ4n) is 3.86. The second-order valence-electron chi connectivity index (χ2n) is 6.86. The molecular formula is C20H20Cl2F2N2O. The van der Waals surface area contributed by atoms with Crippen LogP contribution in [0.5, 0.6) is 0 Å². The minimum atomic E-state index is -0.576. The number of carbonyl (C=O) groups excluding carboxylic acids is 1. The van der Waals surface area contributed by atoms with Gasteiger partial charge in [-0.25, -0.2) is 8.78 Å². The summed E-state index contributed by atoms with van der Waals surface area (Å²) in [6, 6.07) is 11.1. The topological polar surface area (TPSA) is 32.3 Å². The third kappa shape index (κ3) is 3.82. The average Bonchev–Trinajstić information content (AvgIpc) is 3.42. The van der Waals surface area contributed by atoms with Crippen LogP contribution in [0.3, 0.4) is 0 Å². The largest absolute Gasteiger partial charge is 0.333 e. The molecule has 4 rings (SSSR count). The second kappa shape index (κ2) is 8.13. The van der Waals surface area contributed by atoms with E-state index in [9.17, 15) is 13.6 Å². The maximum Gasteiger partial charge on any atom is 0.226 e. The van der Waals surface area contributed by atoms with Crippen LogP contribution in [0, 0.1) is 17.6 Å². The van der Waals surface area contributed by atoms with Gasteiger partial charge in [-0.3, -0.25) is 4.79 Å². The Morgan fingerprint density at radius 3 is 2.52 bits per heavy atom. The van der Waals surface area contributed by atoms with Crippen molar-refractivity contribution in [2.24, 2.45) is 5.92 Å². The summed E-state index contributed by atoms with van der Waals surface area (Å²) < 4.78 is 28.0. The average molecular weight is 413 g/mol. The monoisotopic (exact) mass is 412 g/mol. The molecule has 2 aromatic rings. The molecule has 0 radical (unpaired) electrons. The van der Waals surface area contributed by atoms with E-state index in [0.29, 0.717) is 31.1 Å². The lowest BCUT2D eigenvalue weighted by molar-refractivity contribution is -0.136. The predicted octanol–water partition coefficient (Wildman–Crippen LogP) is 4.32. The first kappa shape index (κ1) is 20.1. The molecule has 27 heavy (non-hydrogen) atoms. The molecule has 1 aliphatic heterocycles. The minimum Gasteiger partial charge on any atom is -0.333 e. The molecule has 2 fully saturated rings. The Kier molecular flexibility index (Phi) is 6.04. The van der Waals surface area contributed by atoms with Crippen molar-refractivity contribution in [1.29, 1.82) is 0 Å². The second-order valence-corrected chi connectivity index (χ2v) is 7.26. The molecule has 0 spiro atoms. The first-order valence-electron chi connectivity index (χ1n) is 8.77. The van der Waals surface area contributed by atoms with Gasteiger partial charge < -0.3 is 10.2 Å². The quantitative estimate of drug-likeness (QED) is 0.813. The number of carbonyl (C=O) groups is 1. The molecule has 1 heterocycles. The van der Waals surface area contributed by atoms with Crippen molar-refractivity contribution >= 4 is 29.9 Å². The van der Waals surface area contributed by atoms with E-state index < -0.39 is 11.6 Å². The number of hydrogen-bond acceptors (Lipinski definition) is 2. The Morgan fingerprint density at radius 2 is 1.81 bits per heavy atom. The zero-order chi connectivity index (χ0) is 18.3. The van der Waals surface area contributed by atoms with Crippen LogP contribution in [0.25, 0.3) is 0 Å². The van der Waals surface area contributed by atoms with E-state index in [0.717, 1.165) is 5.56 Å². The smallest absolute Gasteiger partial charge is 0.226 e. The fourth-order valence-corrected chi connectivity index (χ4v) is 4.12. The number of nitrogens with zero attached hydrogens (tertiary/aromatic N) is 1. The van der Waals surface area contributed by atoms with E-state index in [1.807, 2.05) is 24.3 Å². The van der Waals surface area contributed by atoms with Gasteiger partial charge in [0.2, 0.25) is 5.91 Å². The Bertz CT molecular complexity index is 828.